The van der Waals surface area contributed by atoms with Gasteiger partial charge in [0, 0.05) is 32.4 Å². The maximum Gasteiger partial charge on any atom is 0.260 e. The minimum atomic E-state index is -0.460. The highest BCUT2D eigenvalue weighted by atomic mass is 16.2. The quantitative estimate of drug-likeness (QED) is 0.897. The van der Waals surface area contributed by atoms with Gasteiger partial charge in [-0.2, -0.15) is 0 Å². The third kappa shape index (κ3) is 3.78. The van der Waals surface area contributed by atoms with Gasteiger partial charge in [0.25, 0.3) is 5.91 Å². The molecule has 2 fully saturated rings. The van der Waals surface area contributed by atoms with Crippen LogP contribution in [0, 0.1) is 0 Å². The van der Waals surface area contributed by atoms with E-state index >= 15 is 0 Å². The van der Waals surface area contributed by atoms with E-state index in [0.29, 0.717) is 25.9 Å². The van der Waals surface area contributed by atoms with Gasteiger partial charge in [-0.15, -0.1) is 0 Å². The molecule has 0 aliphatic carbocycles. The summed E-state index contributed by atoms with van der Waals surface area (Å²) in [6.45, 7) is 3.47. The summed E-state index contributed by atoms with van der Waals surface area (Å²) in [6, 6.07) is 9.79. The van der Waals surface area contributed by atoms with E-state index in [1.807, 2.05) is 35.2 Å². The molecule has 5 heteroatoms. The lowest BCUT2D eigenvalue weighted by atomic mass is 9.97. The first kappa shape index (κ1) is 17.0. The number of nitrogens with zero attached hydrogens (tertiary/aromatic N) is 2. The van der Waals surface area contributed by atoms with E-state index < -0.39 is 5.66 Å². The molecule has 2 aliphatic heterocycles. The maximum absolute atomic E-state index is 12.3. The molecule has 3 rings (SSSR count). The van der Waals surface area contributed by atoms with E-state index in [4.69, 9.17) is 0 Å². The van der Waals surface area contributed by atoms with Crippen LogP contribution in [0.15, 0.2) is 30.3 Å². The van der Waals surface area contributed by atoms with Crippen LogP contribution in [0.5, 0.6) is 0 Å². The first-order valence-electron chi connectivity index (χ1n) is 8.98. The Morgan fingerprint density at radius 2 is 2.00 bits per heavy atom. The lowest BCUT2D eigenvalue weighted by Gasteiger charge is -2.38. The minimum absolute atomic E-state index is 0.0513. The van der Waals surface area contributed by atoms with Crippen molar-refractivity contribution in [2.24, 2.45) is 0 Å². The number of piperidine rings is 1. The van der Waals surface area contributed by atoms with Gasteiger partial charge >= 0.3 is 0 Å². The number of hydrogen-bond acceptors (Lipinski definition) is 3. The molecule has 1 aromatic carbocycles. The summed E-state index contributed by atoms with van der Waals surface area (Å²) in [6.07, 6.45) is 4.73. The molecule has 1 aromatic rings. The Bertz CT molecular complexity index is 580. The van der Waals surface area contributed by atoms with E-state index in [9.17, 15) is 9.59 Å². The van der Waals surface area contributed by atoms with Gasteiger partial charge in [-0.1, -0.05) is 43.7 Å². The Labute approximate surface area is 143 Å². The Kier molecular flexibility index (Phi) is 5.19. The van der Waals surface area contributed by atoms with Crippen molar-refractivity contribution >= 4 is 11.8 Å². The van der Waals surface area contributed by atoms with E-state index in [2.05, 4.69) is 17.6 Å². The van der Waals surface area contributed by atoms with Crippen molar-refractivity contribution in [3.05, 3.63) is 35.9 Å². The summed E-state index contributed by atoms with van der Waals surface area (Å²) in [7, 11) is 0. The fraction of sp³-hybridized carbons (Fsp3) is 0.579. The lowest BCUT2D eigenvalue weighted by molar-refractivity contribution is -0.133. The summed E-state index contributed by atoms with van der Waals surface area (Å²) in [4.78, 5) is 26.4. The largest absolute Gasteiger partial charge is 0.342 e. The predicted molar refractivity (Wildman–Crippen MR) is 92.3 cm³/mol. The van der Waals surface area contributed by atoms with Gasteiger partial charge in [0.05, 0.1) is 6.04 Å². The Morgan fingerprint density at radius 1 is 1.29 bits per heavy atom. The average molecular weight is 328 g/mol. The maximum atomic E-state index is 12.3. The van der Waals surface area contributed by atoms with E-state index in [1.165, 1.54) is 0 Å². The van der Waals surface area contributed by atoms with Crippen LogP contribution in [0.2, 0.25) is 0 Å². The Balaban J connectivity index is 1.55. The highest BCUT2D eigenvalue weighted by Gasteiger charge is 2.47. The molecule has 1 unspecified atom stereocenters. The van der Waals surface area contributed by atoms with Gasteiger partial charge in [-0.05, 0) is 18.4 Å². The number of hydrogen-bond donors (Lipinski definition) is 1. The molecular weight excluding hydrogens is 302 g/mol. The van der Waals surface area contributed by atoms with Crippen molar-refractivity contribution in [3.8, 4) is 0 Å². The second-order valence-corrected chi connectivity index (χ2v) is 6.85. The van der Waals surface area contributed by atoms with Crippen LogP contribution in [0.3, 0.4) is 0 Å². The molecule has 0 bridgehead atoms. The molecule has 1 spiro atoms. The zero-order valence-corrected chi connectivity index (χ0v) is 14.3. The first-order valence-corrected chi connectivity index (χ1v) is 8.98. The number of unbranched alkanes of at least 4 members (excludes halogenated alkanes) is 1. The number of rotatable bonds is 5. The topological polar surface area (TPSA) is 63.5 Å². The van der Waals surface area contributed by atoms with Crippen LogP contribution in [0.25, 0.3) is 0 Å². The number of benzene rings is 1. The van der Waals surface area contributed by atoms with Crippen molar-refractivity contribution in [2.75, 3.05) is 13.1 Å². The second-order valence-electron chi connectivity index (χ2n) is 6.85. The van der Waals surface area contributed by atoms with Crippen molar-refractivity contribution in [1.29, 1.82) is 0 Å². The van der Waals surface area contributed by atoms with Crippen molar-refractivity contribution in [1.82, 2.24) is 15.5 Å². The van der Waals surface area contributed by atoms with Gasteiger partial charge in [0.2, 0.25) is 5.91 Å². The van der Waals surface area contributed by atoms with Gasteiger partial charge in [0.1, 0.15) is 5.66 Å². The van der Waals surface area contributed by atoms with Gasteiger partial charge in [-0.25, -0.2) is 5.32 Å². The zero-order chi connectivity index (χ0) is 17.0. The molecule has 5 nitrogen and oxygen atoms in total. The smallest absolute Gasteiger partial charge is 0.260 e. The van der Waals surface area contributed by atoms with Gasteiger partial charge in [-0.3, -0.25) is 14.9 Å². The number of amides is 2. The number of carbonyl (C=O) groups excluding carboxylic acids is 2. The first-order chi connectivity index (χ1) is 11.6. The third-order valence-electron chi connectivity index (χ3n) is 5.04. The minimum Gasteiger partial charge on any atom is -0.342 e. The fourth-order valence-electron chi connectivity index (χ4n) is 3.56. The number of likely N-dealkylation sites (tertiary alicyclic amines) is 1. The van der Waals surface area contributed by atoms with Gasteiger partial charge < -0.3 is 4.90 Å². The summed E-state index contributed by atoms with van der Waals surface area (Å²) < 4.78 is 0. The lowest BCUT2D eigenvalue weighted by Crippen LogP contribution is -2.56. The third-order valence-corrected chi connectivity index (χ3v) is 5.04. The van der Waals surface area contributed by atoms with Crippen molar-refractivity contribution in [3.63, 3.8) is 0 Å². The molecular formula is C19H26N3O2. The molecule has 1 radical (unpaired) electrons. The summed E-state index contributed by atoms with van der Waals surface area (Å²) in [5.41, 5.74) is 0.681. The van der Waals surface area contributed by atoms with Crippen LogP contribution < -0.4 is 10.6 Å². The molecule has 129 valence electrons. The SMILES string of the molecule is CCCCC(=O)N1CCC2(CC1)[N]C(=O)C(Cc1ccccc1)N2. The fourth-order valence-corrected chi connectivity index (χ4v) is 3.56. The molecule has 0 aromatic heterocycles. The van der Waals surface area contributed by atoms with Gasteiger partial charge in [0.15, 0.2) is 0 Å². The molecule has 1 atom stereocenters. The summed E-state index contributed by atoms with van der Waals surface area (Å²) >= 11 is 0. The molecule has 2 amide bonds. The standard InChI is InChI=1S/C19H26N3O2/c1-2-3-9-17(23)22-12-10-19(11-13-22)20-16(18(24)21-19)14-15-7-5-4-6-8-15/h4-8,16,20H,2-3,9-14H2,1H3. The normalized spacial score (nSPS) is 22.6. The zero-order valence-electron chi connectivity index (χ0n) is 14.3. The molecule has 2 heterocycles. The molecule has 2 saturated heterocycles. The summed E-state index contributed by atoms with van der Waals surface area (Å²) in [5.74, 6) is 0.182. The number of carbonyl (C=O) groups is 2. The Hall–Kier alpha value is -1.88. The second kappa shape index (κ2) is 7.34. The van der Waals surface area contributed by atoms with Crippen LogP contribution in [0.4, 0.5) is 0 Å². The highest BCUT2D eigenvalue weighted by molar-refractivity contribution is 5.85. The van der Waals surface area contributed by atoms with Crippen LogP contribution in [-0.4, -0.2) is 41.5 Å². The highest BCUT2D eigenvalue weighted by Crippen LogP contribution is 2.27. The molecule has 24 heavy (non-hydrogen) atoms. The van der Waals surface area contributed by atoms with Crippen LogP contribution in [0.1, 0.15) is 44.6 Å². The predicted octanol–water partition coefficient (Wildman–Crippen LogP) is 1.84. The molecule has 2 aliphatic rings. The summed E-state index contributed by atoms with van der Waals surface area (Å²) in [5, 5.41) is 7.88. The van der Waals surface area contributed by atoms with Crippen LogP contribution in [-0.2, 0) is 16.0 Å². The van der Waals surface area contributed by atoms with E-state index in [1.54, 1.807) is 0 Å². The van der Waals surface area contributed by atoms with Crippen molar-refractivity contribution < 1.29 is 9.59 Å². The van der Waals surface area contributed by atoms with E-state index in [0.717, 1.165) is 31.2 Å². The van der Waals surface area contributed by atoms with E-state index in [-0.39, 0.29) is 17.9 Å². The molecule has 0 saturated carbocycles. The van der Waals surface area contributed by atoms with Crippen molar-refractivity contribution in [2.45, 2.75) is 57.2 Å². The number of nitrogens with one attached hydrogen (secondary N) is 1. The Morgan fingerprint density at radius 3 is 2.67 bits per heavy atom. The van der Waals surface area contributed by atoms with Crippen LogP contribution >= 0.6 is 0 Å². The molecule has 1 N–H and O–H groups in total. The average Bonchev–Trinajstić information content (AvgIpc) is 2.89. The monoisotopic (exact) mass is 328 g/mol.